The van der Waals surface area contributed by atoms with E-state index in [1.54, 1.807) is 0 Å². The van der Waals surface area contributed by atoms with Crippen LogP contribution in [0.5, 0.6) is 0 Å². The van der Waals surface area contributed by atoms with Crippen LogP contribution in [0.1, 0.15) is 12.8 Å². The first kappa shape index (κ1) is 7.51. The summed E-state index contributed by atoms with van der Waals surface area (Å²) in [4.78, 5) is 10.7. The Kier molecular flexibility index (Phi) is 2.25. The third-order valence-corrected chi connectivity index (χ3v) is 1.91. The Morgan fingerprint density at radius 2 is 2.50 bits per heavy atom. The molecular formula is C7H11FO2. The zero-order valence-electron chi connectivity index (χ0n) is 5.97. The largest absolute Gasteiger partial charge is 0.469 e. The van der Waals surface area contributed by atoms with E-state index in [0.29, 0.717) is 6.42 Å². The lowest BCUT2D eigenvalue weighted by Gasteiger charge is -1.94. The third-order valence-electron chi connectivity index (χ3n) is 1.91. The van der Waals surface area contributed by atoms with Crippen LogP contribution >= 0.6 is 0 Å². The SMILES string of the molecule is COC(=O)[C@H]1CC1CCF. The summed E-state index contributed by atoms with van der Waals surface area (Å²) < 4.78 is 16.2. The van der Waals surface area contributed by atoms with Crippen molar-refractivity contribution in [3.63, 3.8) is 0 Å². The molecular weight excluding hydrogens is 135 g/mol. The fourth-order valence-corrected chi connectivity index (χ4v) is 1.15. The van der Waals surface area contributed by atoms with Crippen molar-refractivity contribution < 1.29 is 13.9 Å². The molecule has 0 amide bonds. The minimum atomic E-state index is -0.321. The van der Waals surface area contributed by atoms with E-state index in [9.17, 15) is 9.18 Å². The van der Waals surface area contributed by atoms with Gasteiger partial charge in [0.1, 0.15) is 0 Å². The molecule has 10 heavy (non-hydrogen) atoms. The van der Waals surface area contributed by atoms with Crippen LogP contribution in [-0.4, -0.2) is 19.8 Å². The lowest BCUT2D eigenvalue weighted by molar-refractivity contribution is -0.142. The Morgan fingerprint density at radius 3 is 3.00 bits per heavy atom. The molecule has 0 aromatic carbocycles. The van der Waals surface area contributed by atoms with Crippen LogP contribution in [0.15, 0.2) is 0 Å². The summed E-state index contributed by atoms with van der Waals surface area (Å²) in [7, 11) is 1.37. The summed E-state index contributed by atoms with van der Waals surface area (Å²) in [6.45, 7) is -0.321. The molecule has 2 atom stereocenters. The monoisotopic (exact) mass is 146 g/mol. The Bertz CT molecular complexity index is 136. The number of alkyl halides is 1. The minimum absolute atomic E-state index is 0.000694. The first-order valence-corrected chi connectivity index (χ1v) is 3.43. The molecule has 0 aliphatic heterocycles. The van der Waals surface area contributed by atoms with E-state index in [4.69, 9.17) is 0 Å². The van der Waals surface area contributed by atoms with Gasteiger partial charge in [-0.15, -0.1) is 0 Å². The fourth-order valence-electron chi connectivity index (χ4n) is 1.15. The van der Waals surface area contributed by atoms with E-state index in [2.05, 4.69) is 4.74 Å². The molecule has 0 bridgehead atoms. The van der Waals surface area contributed by atoms with E-state index in [0.717, 1.165) is 6.42 Å². The molecule has 3 heteroatoms. The van der Waals surface area contributed by atoms with Gasteiger partial charge in [-0.05, 0) is 18.8 Å². The summed E-state index contributed by atoms with van der Waals surface area (Å²) in [5.74, 6) is 0.0802. The molecule has 0 spiro atoms. The highest BCUT2D eigenvalue weighted by Crippen LogP contribution is 2.41. The Balaban J connectivity index is 2.18. The second kappa shape index (κ2) is 2.99. The number of carbonyl (C=O) groups excluding carboxylic acids is 1. The first-order chi connectivity index (χ1) is 4.79. The molecule has 1 unspecified atom stereocenters. The summed E-state index contributed by atoms with van der Waals surface area (Å²) in [5, 5.41) is 0. The summed E-state index contributed by atoms with van der Waals surface area (Å²) in [5.41, 5.74) is 0. The van der Waals surface area contributed by atoms with Gasteiger partial charge in [-0.3, -0.25) is 9.18 Å². The van der Waals surface area contributed by atoms with Crippen LogP contribution in [0.4, 0.5) is 4.39 Å². The van der Waals surface area contributed by atoms with Crippen molar-refractivity contribution in [2.45, 2.75) is 12.8 Å². The molecule has 1 rings (SSSR count). The van der Waals surface area contributed by atoms with Gasteiger partial charge in [-0.2, -0.15) is 0 Å². The predicted molar refractivity (Wildman–Crippen MR) is 34.2 cm³/mol. The zero-order valence-corrected chi connectivity index (χ0v) is 5.97. The van der Waals surface area contributed by atoms with Crippen molar-refractivity contribution in [3.05, 3.63) is 0 Å². The molecule has 2 nitrogen and oxygen atoms in total. The molecule has 0 N–H and O–H groups in total. The Morgan fingerprint density at radius 1 is 1.80 bits per heavy atom. The number of hydrogen-bond donors (Lipinski definition) is 0. The summed E-state index contributed by atoms with van der Waals surface area (Å²) in [6, 6.07) is 0. The molecule has 1 aliphatic carbocycles. The van der Waals surface area contributed by atoms with E-state index in [1.165, 1.54) is 7.11 Å². The van der Waals surface area contributed by atoms with Crippen LogP contribution < -0.4 is 0 Å². The van der Waals surface area contributed by atoms with Gasteiger partial charge in [0.05, 0.1) is 19.7 Å². The minimum Gasteiger partial charge on any atom is -0.469 e. The second-order valence-electron chi connectivity index (χ2n) is 2.60. The van der Waals surface area contributed by atoms with Crippen molar-refractivity contribution in [1.82, 2.24) is 0 Å². The summed E-state index contributed by atoms with van der Waals surface area (Å²) in [6.07, 6.45) is 1.33. The van der Waals surface area contributed by atoms with Gasteiger partial charge in [0.25, 0.3) is 0 Å². The van der Waals surface area contributed by atoms with Gasteiger partial charge in [0.15, 0.2) is 0 Å². The molecule has 0 aromatic rings. The molecule has 0 heterocycles. The first-order valence-electron chi connectivity index (χ1n) is 3.43. The topological polar surface area (TPSA) is 26.3 Å². The van der Waals surface area contributed by atoms with Crippen LogP contribution in [0.25, 0.3) is 0 Å². The van der Waals surface area contributed by atoms with E-state index >= 15 is 0 Å². The van der Waals surface area contributed by atoms with Crippen LogP contribution in [-0.2, 0) is 9.53 Å². The molecule has 0 radical (unpaired) electrons. The quantitative estimate of drug-likeness (QED) is 0.558. The lowest BCUT2D eigenvalue weighted by Crippen LogP contribution is -2.04. The standard InChI is InChI=1S/C7H11FO2/c1-10-7(9)6-4-5(6)2-3-8/h5-6H,2-4H2,1H3/t5?,6-/m0/s1. The van der Waals surface area contributed by atoms with Gasteiger partial charge < -0.3 is 4.74 Å². The number of carbonyl (C=O) groups is 1. The average Bonchev–Trinajstić information content (AvgIpc) is 2.67. The maximum absolute atomic E-state index is 11.7. The van der Waals surface area contributed by atoms with Crippen LogP contribution in [0, 0.1) is 11.8 Å². The van der Waals surface area contributed by atoms with Crippen LogP contribution in [0.2, 0.25) is 0 Å². The van der Waals surface area contributed by atoms with E-state index in [-0.39, 0.29) is 24.5 Å². The third kappa shape index (κ3) is 1.46. The van der Waals surface area contributed by atoms with Crippen molar-refractivity contribution in [3.8, 4) is 0 Å². The maximum Gasteiger partial charge on any atom is 0.308 e. The van der Waals surface area contributed by atoms with Crippen molar-refractivity contribution >= 4 is 5.97 Å². The molecule has 0 saturated heterocycles. The smallest absolute Gasteiger partial charge is 0.308 e. The fraction of sp³-hybridized carbons (Fsp3) is 0.857. The molecule has 0 aromatic heterocycles. The van der Waals surface area contributed by atoms with Gasteiger partial charge in [0, 0.05) is 0 Å². The number of hydrogen-bond acceptors (Lipinski definition) is 2. The van der Waals surface area contributed by atoms with Gasteiger partial charge in [-0.1, -0.05) is 0 Å². The zero-order chi connectivity index (χ0) is 7.56. The molecule has 1 aliphatic rings. The molecule has 1 fully saturated rings. The highest BCUT2D eigenvalue weighted by atomic mass is 19.1. The van der Waals surface area contributed by atoms with Crippen molar-refractivity contribution in [1.29, 1.82) is 0 Å². The van der Waals surface area contributed by atoms with Crippen LogP contribution in [0.3, 0.4) is 0 Å². The lowest BCUT2D eigenvalue weighted by atomic mass is 10.2. The number of rotatable bonds is 3. The molecule has 58 valence electrons. The summed E-state index contributed by atoms with van der Waals surface area (Å²) >= 11 is 0. The van der Waals surface area contributed by atoms with E-state index in [1.807, 2.05) is 0 Å². The number of esters is 1. The second-order valence-corrected chi connectivity index (χ2v) is 2.60. The normalized spacial score (nSPS) is 29.8. The van der Waals surface area contributed by atoms with E-state index < -0.39 is 0 Å². The molecule has 1 saturated carbocycles. The Labute approximate surface area is 59.4 Å². The number of ether oxygens (including phenoxy) is 1. The highest BCUT2D eigenvalue weighted by Gasteiger charge is 2.43. The number of methoxy groups -OCH3 is 1. The average molecular weight is 146 g/mol. The van der Waals surface area contributed by atoms with Gasteiger partial charge in [-0.25, -0.2) is 0 Å². The number of halogens is 1. The Hall–Kier alpha value is -0.600. The van der Waals surface area contributed by atoms with Crippen molar-refractivity contribution in [2.75, 3.05) is 13.8 Å². The predicted octanol–water partition coefficient (Wildman–Crippen LogP) is 1.16. The van der Waals surface area contributed by atoms with Crippen molar-refractivity contribution in [2.24, 2.45) is 11.8 Å². The highest BCUT2D eigenvalue weighted by molar-refractivity contribution is 5.75. The maximum atomic E-state index is 11.7. The van der Waals surface area contributed by atoms with Gasteiger partial charge >= 0.3 is 5.97 Å². The van der Waals surface area contributed by atoms with Gasteiger partial charge in [0.2, 0.25) is 0 Å².